The standard InChI is InChI=1S/C14H17N.C2HF3O2/c1-2-5-12(6-3-1)11-15-13-7-4-8-14(15)10-9-13;3-2(4,5)1(6)7/h1-7,13-14H,8-11H2;(H,6,7). The molecule has 0 spiro atoms. The summed E-state index contributed by atoms with van der Waals surface area (Å²) < 4.78 is 31.7. The average Bonchev–Trinajstić information content (AvgIpc) is 2.70. The Hall–Kier alpha value is -1.82. The highest BCUT2D eigenvalue weighted by Crippen LogP contribution is 2.32. The molecule has 1 saturated heterocycles. The molecule has 0 radical (unpaired) electrons. The number of halogens is 3. The zero-order valence-corrected chi connectivity index (χ0v) is 12.0. The van der Waals surface area contributed by atoms with Crippen LogP contribution in [0, 0.1) is 0 Å². The molecule has 0 aliphatic carbocycles. The molecule has 1 aromatic carbocycles. The summed E-state index contributed by atoms with van der Waals surface area (Å²) in [5.74, 6) is -2.76. The second-order valence-electron chi connectivity index (χ2n) is 5.42. The number of hydrogen-bond donors (Lipinski definition) is 1. The van der Waals surface area contributed by atoms with Gasteiger partial charge in [0.2, 0.25) is 0 Å². The normalized spacial score (nSPS) is 23.8. The van der Waals surface area contributed by atoms with Crippen molar-refractivity contribution in [1.82, 2.24) is 4.90 Å². The molecule has 0 saturated carbocycles. The van der Waals surface area contributed by atoms with Gasteiger partial charge in [0.15, 0.2) is 0 Å². The second-order valence-corrected chi connectivity index (χ2v) is 5.42. The van der Waals surface area contributed by atoms with Crippen LogP contribution in [0.5, 0.6) is 0 Å². The Morgan fingerprint density at radius 3 is 2.41 bits per heavy atom. The minimum atomic E-state index is -5.08. The van der Waals surface area contributed by atoms with E-state index < -0.39 is 12.1 Å². The number of fused-ring (bicyclic) bond motifs is 2. The lowest BCUT2D eigenvalue weighted by Crippen LogP contribution is -2.36. The summed E-state index contributed by atoms with van der Waals surface area (Å²) in [7, 11) is 0. The van der Waals surface area contributed by atoms with Crippen LogP contribution in [-0.2, 0) is 11.3 Å². The third kappa shape index (κ3) is 4.34. The van der Waals surface area contributed by atoms with Gasteiger partial charge in [0.1, 0.15) is 0 Å². The first-order chi connectivity index (χ1) is 10.4. The number of nitrogens with zero attached hydrogens (tertiary/aromatic N) is 1. The first kappa shape index (κ1) is 16.5. The van der Waals surface area contributed by atoms with Gasteiger partial charge in [-0.3, -0.25) is 4.90 Å². The zero-order chi connectivity index (χ0) is 16.2. The molecule has 0 aromatic heterocycles. The topological polar surface area (TPSA) is 40.5 Å². The quantitative estimate of drug-likeness (QED) is 0.848. The lowest BCUT2D eigenvalue weighted by Gasteiger charge is -2.31. The molecule has 2 bridgehead atoms. The molecule has 2 aliphatic rings. The molecule has 0 amide bonds. The molecule has 1 fully saturated rings. The molecular weight excluding hydrogens is 295 g/mol. The summed E-state index contributed by atoms with van der Waals surface area (Å²) in [6.07, 6.45) is 3.66. The van der Waals surface area contributed by atoms with Crippen molar-refractivity contribution < 1.29 is 23.1 Å². The van der Waals surface area contributed by atoms with Crippen molar-refractivity contribution in [2.24, 2.45) is 0 Å². The smallest absolute Gasteiger partial charge is 0.475 e. The van der Waals surface area contributed by atoms with Gasteiger partial charge in [0.05, 0.1) is 0 Å². The van der Waals surface area contributed by atoms with Crippen molar-refractivity contribution in [3.05, 3.63) is 48.0 Å². The Kier molecular flexibility index (Phi) is 5.24. The number of carboxylic acid groups (broad SMARTS) is 1. The van der Waals surface area contributed by atoms with E-state index in [4.69, 9.17) is 9.90 Å². The highest BCUT2D eigenvalue weighted by atomic mass is 19.4. The van der Waals surface area contributed by atoms with Gasteiger partial charge in [-0.05, 0) is 24.8 Å². The fraction of sp³-hybridized carbons (Fsp3) is 0.438. The van der Waals surface area contributed by atoms with Gasteiger partial charge >= 0.3 is 12.1 Å². The van der Waals surface area contributed by atoms with Crippen molar-refractivity contribution >= 4 is 5.97 Å². The number of alkyl halides is 3. The van der Waals surface area contributed by atoms with Crippen LogP contribution in [0.1, 0.15) is 24.8 Å². The summed E-state index contributed by atoms with van der Waals surface area (Å²) in [6, 6.07) is 12.3. The average molecular weight is 313 g/mol. The highest BCUT2D eigenvalue weighted by Gasteiger charge is 2.38. The lowest BCUT2D eigenvalue weighted by atomic mass is 10.1. The molecule has 22 heavy (non-hydrogen) atoms. The summed E-state index contributed by atoms with van der Waals surface area (Å²) in [4.78, 5) is 11.6. The molecule has 2 heterocycles. The number of hydrogen-bond acceptors (Lipinski definition) is 2. The van der Waals surface area contributed by atoms with Gasteiger partial charge in [-0.25, -0.2) is 4.79 Å². The fourth-order valence-electron chi connectivity index (χ4n) is 2.86. The highest BCUT2D eigenvalue weighted by molar-refractivity contribution is 5.73. The molecule has 2 unspecified atom stereocenters. The van der Waals surface area contributed by atoms with Crippen LogP contribution in [0.25, 0.3) is 0 Å². The van der Waals surface area contributed by atoms with Gasteiger partial charge in [0, 0.05) is 18.6 Å². The van der Waals surface area contributed by atoms with E-state index in [0.29, 0.717) is 6.04 Å². The number of aliphatic carboxylic acids is 1. The third-order valence-corrected chi connectivity index (χ3v) is 3.91. The molecule has 6 heteroatoms. The number of benzene rings is 1. The fourth-order valence-corrected chi connectivity index (χ4v) is 2.86. The molecular formula is C16H18F3NO2. The third-order valence-electron chi connectivity index (χ3n) is 3.91. The minimum Gasteiger partial charge on any atom is -0.475 e. The molecule has 120 valence electrons. The van der Waals surface area contributed by atoms with Crippen molar-refractivity contribution in [3.63, 3.8) is 0 Å². The lowest BCUT2D eigenvalue weighted by molar-refractivity contribution is -0.192. The Balaban J connectivity index is 0.000000217. The Morgan fingerprint density at radius 1 is 1.23 bits per heavy atom. The molecule has 3 rings (SSSR count). The zero-order valence-electron chi connectivity index (χ0n) is 12.0. The van der Waals surface area contributed by atoms with Crippen molar-refractivity contribution in [3.8, 4) is 0 Å². The second kappa shape index (κ2) is 6.96. The van der Waals surface area contributed by atoms with Gasteiger partial charge in [0.25, 0.3) is 0 Å². The minimum absolute atomic E-state index is 0.712. The monoisotopic (exact) mass is 313 g/mol. The van der Waals surface area contributed by atoms with Crippen molar-refractivity contribution in [1.29, 1.82) is 0 Å². The van der Waals surface area contributed by atoms with E-state index in [1.165, 1.54) is 24.8 Å². The Morgan fingerprint density at radius 2 is 1.86 bits per heavy atom. The van der Waals surface area contributed by atoms with Crippen LogP contribution < -0.4 is 0 Å². The van der Waals surface area contributed by atoms with E-state index in [-0.39, 0.29) is 0 Å². The SMILES string of the molecule is C1=CC2CCC(C1)N2Cc1ccccc1.O=C(O)C(F)(F)F. The predicted octanol–water partition coefficient (Wildman–Crippen LogP) is 3.61. The largest absolute Gasteiger partial charge is 0.490 e. The van der Waals surface area contributed by atoms with Gasteiger partial charge < -0.3 is 5.11 Å². The van der Waals surface area contributed by atoms with Crippen LogP contribution in [0.4, 0.5) is 13.2 Å². The number of rotatable bonds is 2. The van der Waals surface area contributed by atoms with E-state index in [1.807, 2.05) is 0 Å². The van der Waals surface area contributed by atoms with E-state index in [1.54, 1.807) is 0 Å². The van der Waals surface area contributed by atoms with Gasteiger partial charge in [-0.15, -0.1) is 0 Å². The number of carbonyl (C=O) groups is 1. The van der Waals surface area contributed by atoms with Crippen molar-refractivity contribution in [2.75, 3.05) is 0 Å². The Bertz CT molecular complexity index is 528. The number of carboxylic acids is 1. The van der Waals surface area contributed by atoms with Crippen LogP contribution in [-0.4, -0.2) is 34.2 Å². The molecule has 2 aliphatic heterocycles. The molecule has 2 atom stereocenters. The van der Waals surface area contributed by atoms with E-state index in [2.05, 4.69) is 47.4 Å². The summed E-state index contributed by atoms with van der Waals surface area (Å²) in [5.41, 5.74) is 1.45. The summed E-state index contributed by atoms with van der Waals surface area (Å²) in [5, 5.41) is 7.12. The van der Waals surface area contributed by atoms with E-state index in [0.717, 1.165) is 12.6 Å². The molecule has 1 N–H and O–H groups in total. The van der Waals surface area contributed by atoms with Crippen LogP contribution >= 0.6 is 0 Å². The van der Waals surface area contributed by atoms with Crippen LogP contribution in [0.3, 0.4) is 0 Å². The summed E-state index contributed by atoms with van der Waals surface area (Å²) >= 11 is 0. The maximum atomic E-state index is 10.6. The maximum Gasteiger partial charge on any atom is 0.490 e. The first-order valence-corrected chi connectivity index (χ1v) is 7.14. The predicted molar refractivity (Wildman–Crippen MR) is 76.2 cm³/mol. The van der Waals surface area contributed by atoms with Crippen LogP contribution in [0.2, 0.25) is 0 Å². The molecule has 1 aromatic rings. The summed E-state index contributed by atoms with van der Waals surface area (Å²) in [6.45, 7) is 1.13. The molecule has 3 nitrogen and oxygen atoms in total. The first-order valence-electron chi connectivity index (χ1n) is 7.14. The van der Waals surface area contributed by atoms with Gasteiger partial charge in [-0.2, -0.15) is 13.2 Å². The Labute approximate surface area is 127 Å². The van der Waals surface area contributed by atoms with Crippen molar-refractivity contribution in [2.45, 2.75) is 44.1 Å². The van der Waals surface area contributed by atoms with Gasteiger partial charge in [-0.1, -0.05) is 42.5 Å². The van der Waals surface area contributed by atoms with E-state index in [9.17, 15) is 13.2 Å². The van der Waals surface area contributed by atoms with Crippen LogP contribution in [0.15, 0.2) is 42.5 Å². The van der Waals surface area contributed by atoms with E-state index >= 15 is 0 Å². The maximum absolute atomic E-state index is 10.6.